The fourth-order valence-electron chi connectivity index (χ4n) is 9.77. The molecule has 0 saturated heterocycles. The number of likely N-dealkylation sites (N-methyl/N-ethyl adjacent to an activating group) is 1. The van der Waals surface area contributed by atoms with E-state index >= 15 is 0 Å². The van der Waals surface area contributed by atoms with Gasteiger partial charge in [0.1, 0.15) is 19.3 Å². The van der Waals surface area contributed by atoms with E-state index in [1.165, 1.54) is 180 Å². The van der Waals surface area contributed by atoms with Crippen molar-refractivity contribution in [2.75, 3.05) is 40.9 Å². The van der Waals surface area contributed by atoms with Gasteiger partial charge in [-0.15, -0.1) is 0 Å². The van der Waals surface area contributed by atoms with Crippen molar-refractivity contribution >= 4 is 19.7 Å². The molecule has 0 rings (SSSR count). The van der Waals surface area contributed by atoms with Crippen molar-refractivity contribution in [2.45, 2.75) is 328 Å². The minimum absolute atomic E-state index is 0.0253. The van der Waals surface area contributed by atoms with Gasteiger partial charge in [0, 0.05) is 12.8 Å². The predicted octanol–water partition coefficient (Wildman–Crippen LogP) is 20.4. The highest BCUT2D eigenvalue weighted by molar-refractivity contribution is 7.45. The maximum atomic E-state index is 13.5. The number of nitrogens with one attached hydrogen (secondary N) is 1. The van der Waals surface area contributed by atoms with Crippen molar-refractivity contribution < 1.29 is 37.3 Å². The molecule has 0 aliphatic carbocycles. The average molecular weight is 1130 g/mol. The summed E-state index contributed by atoms with van der Waals surface area (Å²) in [5.74, 6) is -0.546. The first kappa shape index (κ1) is 76.7. The smallest absolute Gasteiger partial charge is 0.306 e. The second kappa shape index (κ2) is 58.9. The minimum Gasteiger partial charge on any atom is -0.756 e. The van der Waals surface area contributed by atoms with Crippen LogP contribution in [0, 0.1) is 0 Å². The van der Waals surface area contributed by atoms with Crippen LogP contribution in [0.25, 0.3) is 0 Å². The number of nitrogens with zero attached hydrogens (tertiary/aromatic N) is 1. The number of hydrogen-bond donors (Lipinski definition) is 1. The summed E-state index contributed by atoms with van der Waals surface area (Å²) >= 11 is 0. The van der Waals surface area contributed by atoms with E-state index in [4.69, 9.17) is 13.8 Å². The lowest BCUT2D eigenvalue weighted by Crippen LogP contribution is -2.47. The molecule has 0 aliphatic rings. The Morgan fingerprint density at radius 3 is 1.23 bits per heavy atom. The SMILES string of the molecule is CC/C=C/C/C=C/C/C=C/CCCCCCCCC(=O)NC(COP(=O)([O-])OCC[N+](C)(C)C)C(/C=C\CCCCCCCCCCCC)OC(=O)CCCCCCCCCCCCCCCCC/C=C/CCCCCCCC. The zero-order chi connectivity index (χ0) is 57.9. The number of carbonyl (C=O) groups is 2. The van der Waals surface area contributed by atoms with Crippen LogP contribution >= 0.6 is 7.82 Å². The number of phosphoric ester groups is 1. The molecule has 1 amide bonds. The van der Waals surface area contributed by atoms with Gasteiger partial charge in [-0.3, -0.25) is 14.2 Å². The quantitative estimate of drug-likeness (QED) is 0.0212. The Balaban J connectivity index is 5.08. The first-order chi connectivity index (χ1) is 38.4. The number of quaternary nitrogens is 1. The number of rotatable bonds is 61. The van der Waals surface area contributed by atoms with Crippen molar-refractivity contribution in [1.82, 2.24) is 5.32 Å². The molecular weight excluding hydrogens is 1000 g/mol. The van der Waals surface area contributed by atoms with Crippen LogP contribution in [0.3, 0.4) is 0 Å². The van der Waals surface area contributed by atoms with E-state index < -0.39 is 26.6 Å². The van der Waals surface area contributed by atoms with E-state index in [-0.39, 0.29) is 24.9 Å². The van der Waals surface area contributed by atoms with Crippen molar-refractivity contribution in [3.8, 4) is 0 Å². The Hall–Kier alpha value is -2.29. The Morgan fingerprint density at radius 1 is 0.456 bits per heavy atom. The van der Waals surface area contributed by atoms with Crippen LogP contribution in [0.15, 0.2) is 60.8 Å². The van der Waals surface area contributed by atoms with Crippen LogP contribution in [-0.2, 0) is 27.9 Å². The molecule has 3 atom stereocenters. The largest absolute Gasteiger partial charge is 0.756 e. The normalized spacial score (nSPS) is 14.0. The van der Waals surface area contributed by atoms with Crippen LogP contribution in [0.5, 0.6) is 0 Å². The second-order valence-corrected chi connectivity index (χ2v) is 25.4. The van der Waals surface area contributed by atoms with E-state index in [0.717, 1.165) is 103 Å². The molecule has 0 aliphatic heterocycles. The summed E-state index contributed by atoms with van der Waals surface area (Å²) in [7, 11) is 1.18. The Bertz CT molecular complexity index is 1540. The predicted molar refractivity (Wildman–Crippen MR) is 339 cm³/mol. The molecule has 0 aromatic heterocycles. The number of amides is 1. The summed E-state index contributed by atoms with van der Waals surface area (Å²) in [6.07, 6.45) is 74.9. The van der Waals surface area contributed by atoms with E-state index in [9.17, 15) is 19.0 Å². The first-order valence-electron chi connectivity index (χ1n) is 33.6. The third-order valence-electron chi connectivity index (χ3n) is 14.9. The highest BCUT2D eigenvalue weighted by Crippen LogP contribution is 2.38. The number of esters is 1. The number of phosphoric acid groups is 1. The number of hydrogen-bond acceptors (Lipinski definition) is 7. The van der Waals surface area contributed by atoms with E-state index in [1.807, 2.05) is 33.3 Å². The van der Waals surface area contributed by atoms with Crippen LogP contribution in [-0.4, -0.2) is 69.4 Å². The maximum Gasteiger partial charge on any atom is 0.306 e. The van der Waals surface area contributed by atoms with Gasteiger partial charge in [0.2, 0.25) is 5.91 Å². The standard InChI is InChI=1S/C69H129N2O7P/c1-7-10-13-16-19-22-25-28-30-32-33-34-35-36-37-38-39-40-42-44-47-50-53-56-59-62-69(73)78-67(60-57-54-51-48-45-27-24-21-18-15-12-9-3)66(65-77-79(74,75)76-64-63-71(4,5)6)70-68(72)61-58-55-52-49-46-43-41-31-29-26-23-20-17-14-11-8-2/h11,14,20,23,28-31,57,60,66-67H,7-10,12-13,15-19,21-22,24-27,32-56,58-59,61-65H2,1-6H3,(H-,70,72,74,75)/b14-11+,23-20+,30-28+,31-29+,60-57-. The molecule has 3 unspecified atom stereocenters. The summed E-state index contributed by atoms with van der Waals surface area (Å²) < 4.78 is 30.4. The molecule has 9 nitrogen and oxygen atoms in total. The molecule has 0 aromatic rings. The van der Waals surface area contributed by atoms with Gasteiger partial charge < -0.3 is 28.5 Å². The van der Waals surface area contributed by atoms with Crippen LogP contribution in [0.4, 0.5) is 0 Å². The van der Waals surface area contributed by atoms with E-state index in [0.29, 0.717) is 17.4 Å². The highest BCUT2D eigenvalue weighted by atomic mass is 31.2. The van der Waals surface area contributed by atoms with Gasteiger partial charge in [-0.1, -0.05) is 275 Å². The number of ether oxygens (including phenoxy) is 1. The molecule has 10 heteroatoms. The lowest BCUT2D eigenvalue weighted by atomic mass is 10.0. The Morgan fingerprint density at radius 2 is 0.810 bits per heavy atom. The summed E-state index contributed by atoms with van der Waals surface area (Å²) in [4.78, 5) is 40.1. The summed E-state index contributed by atoms with van der Waals surface area (Å²) in [6.45, 7) is 6.75. The van der Waals surface area contributed by atoms with E-state index in [2.05, 4.69) is 74.7 Å². The molecule has 0 aromatic carbocycles. The van der Waals surface area contributed by atoms with Crippen molar-refractivity contribution in [2.24, 2.45) is 0 Å². The molecule has 0 bridgehead atoms. The number of unbranched alkanes of at least 4 members (excludes halogenated alkanes) is 37. The molecule has 0 fully saturated rings. The first-order valence-corrected chi connectivity index (χ1v) is 35.1. The van der Waals surface area contributed by atoms with Gasteiger partial charge in [-0.05, 0) is 89.5 Å². The van der Waals surface area contributed by atoms with Gasteiger partial charge in [0.05, 0.1) is 33.8 Å². The Kier molecular flexibility index (Phi) is 57.2. The van der Waals surface area contributed by atoms with E-state index in [1.54, 1.807) is 0 Å². The van der Waals surface area contributed by atoms with Gasteiger partial charge in [0.25, 0.3) is 7.82 Å². The van der Waals surface area contributed by atoms with Gasteiger partial charge in [-0.25, -0.2) is 0 Å². The third-order valence-corrected chi connectivity index (χ3v) is 15.9. The average Bonchev–Trinajstić information content (AvgIpc) is 3.41. The lowest BCUT2D eigenvalue weighted by Gasteiger charge is -2.30. The zero-order valence-electron chi connectivity index (χ0n) is 52.8. The van der Waals surface area contributed by atoms with Crippen molar-refractivity contribution in [3.05, 3.63) is 60.8 Å². The molecule has 0 spiro atoms. The molecule has 0 saturated carbocycles. The topological polar surface area (TPSA) is 114 Å². The molecular formula is C69H129N2O7P. The molecule has 1 N–H and O–H groups in total. The van der Waals surface area contributed by atoms with Crippen molar-refractivity contribution in [1.29, 1.82) is 0 Å². The van der Waals surface area contributed by atoms with Gasteiger partial charge in [-0.2, -0.15) is 0 Å². The molecule has 0 radical (unpaired) electrons. The van der Waals surface area contributed by atoms with Gasteiger partial charge in [0.15, 0.2) is 0 Å². The maximum absolute atomic E-state index is 13.5. The molecule has 0 heterocycles. The fraction of sp³-hybridized carbons (Fsp3) is 0.826. The van der Waals surface area contributed by atoms with Crippen LogP contribution < -0.4 is 10.2 Å². The number of allylic oxidation sites excluding steroid dienone is 9. The number of carbonyl (C=O) groups excluding carboxylic acids is 2. The third kappa shape index (κ3) is 60.1. The molecule has 462 valence electrons. The fourth-order valence-corrected chi connectivity index (χ4v) is 10.5. The summed E-state index contributed by atoms with van der Waals surface area (Å²) in [6, 6.07) is -0.895. The monoisotopic (exact) mass is 1130 g/mol. The minimum atomic E-state index is -4.70. The Labute approximate surface area is 490 Å². The summed E-state index contributed by atoms with van der Waals surface area (Å²) in [5, 5.41) is 3.03. The molecule has 79 heavy (non-hydrogen) atoms. The lowest BCUT2D eigenvalue weighted by molar-refractivity contribution is -0.870. The zero-order valence-corrected chi connectivity index (χ0v) is 53.7. The van der Waals surface area contributed by atoms with Crippen molar-refractivity contribution in [3.63, 3.8) is 0 Å². The highest BCUT2D eigenvalue weighted by Gasteiger charge is 2.27. The summed E-state index contributed by atoms with van der Waals surface area (Å²) in [5.41, 5.74) is 0. The second-order valence-electron chi connectivity index (χ2n) is 23.9. The van der Waals surface area contributed by atoms with Crippen LogP contribution in [0.2, 0.25) is 0 Å². The van der Waals surface area contributed by atoms with Gasteiger partial charge >= 0.3 is 5.97 Å². The van der Waals surface area contributed by atoms with Crippen LogP contribution in [0.1, 0.15) is 316 Å².